The van der Waals surface area contributed by atoms with Gasteiger partial charge in [-0.2, -0.15) is 0 Å². The van der Waals surface area contributed by atoms with E-state index < -0.39 is 0 Å². The summed E-state index contributed by atoms with van der Waals surface area (Å²) in [5.41, 5.74) is 3.15. The van der Waals surface area contributed by atoms with Crippen LogP contribution in [0.1, 0.15) is 52.4 Å². The number of carbonyl (C=O) groups is 2. The molecule has 5 aromatic carbocycles. The van der Waals surface area contributed by atoms with Crippen LogP contribution in [0.25, 0.3) is 49.0 Å². The third-order valence-corrected chi connectivity index (χ3v) is 8.19. The molecule has 5 heteroatoms. The summed E-state index contributed by atoms with van der Waals surface area (Å²) in [6.45, 7) is 4.68. The summed E-state index contributed by atoms with van der Waals surface area (Å²) in [5, 5.41) is 7.26. The quantitative estimate of drug-likeness (QED) is 0.130. The van der Waals surface area contributed by atoms with Gasteiger partial charge in [-0.05, 0) is 46.5 Å². The van der Waals surface area contributed by atoms with Crippen LogP contribution in [0.5, 0.6) is 11.5 Å². The van der Waals surface area contributed by atoms with Crippen molar-refractivity contribution in [2.75, 3.05) is 13.2 Å². The van der Waals surface area contributed by atoms with Gasteiger partial charge < -0.3 is 14.0 Å². The van der Waals surface area contributed by atoms with Gasteiger partial charge in [-0.3, -0.25) is 9.59 Å². The molecule has 0 fully saturated rings. The second-order valence-corrected chi connectivity index (χ2v) is 11.0. The third kappa shape index (κ3) is 5.85. The van der Waals surface area contributed by atoms with Crippen LogP contribution in [-0.2, 0) is 9.59 Å². The van der Waals surface area contributed by atoms with Gasteiger partial charge in [0.2, 0.25) is 0 Å². The molecule has 0 spiro atoms. The minimum Gasteiger partial charge on any atom is -0.493 e. The van der Waals surface area contributed by atoms with Gasteiger partial charge in [0.15, 0.2) is 0 Å². The molecule has 0 saturated heterocycles. The number of hydrogen-bond donors (Lipinski definition) is 0. The van der Waals surface area contributed by atoms with Crippen molar-refractivity contribution < 1.29 is 19.1 Å². The van der Waals surface area contributed by atoms with E-state index in [0.717, 1.165) is 16.7 Å². The van der Waals surface area contributed by atoms with Crippen LogP contribution in [0.3, 0.4) is 0 Å². The highest BCUT2D eigenvalue weighted by atomic mass is 16.5. The lowest BCUT2D eigenvalue weighted by molar-refractivity contribution is -0.119. The van der Waals surface area contributed by atoms with Crippen LogP contribution < -0.4 is 9.47 Å². The van der Waals surface area contributed by atoms with Crippen molar-refractivity contribution in [3.05, 3.63) is 91.0 Å². The van der Waals surface area contributed by atoms with E-state index in [0.29, 0.717) is 63.2 Å². The van der Waals surface area contributed by atoms with Crippen molar-refractivity contribution in [3.63, 3.8) is 0 Å². The van der Waals surface area contributed by atoms with Crippen molar-refractivity contribution in [3.8, 4) is 17.2 Å². The molecule has 0 atom stereocenters. The lowest BCUT2D eigenvalue weighted by atomic mass is 10.00. The maximum Gasteiger partial charge on any atom is 0.132 e. The van der Waals surface area contributed by atoms with Gasteiger partial charge in [0, 0.05) is 54.7 Å². The first kappa shape index (κ1) is 28.5. The van der Waals surface area contributed by atoms with Gasteiger partial charge in [0.25, 0.3) is 0 Å². The molecule has 0 unspecified atom stereocenters. The lowest BCUT2D eigenvalue weighted by Gasteiger charge is -2.15. The third-order valence-electron chi connectivity index (χ3n) is 8.19. The summed E-state index contributed by atoms with van der Waals surface area (Å²) in [7, 11) is 0. The van der Waals surface area contributed by atoms with E-state index in [1.54, 1.807) is 0 Å². The average molecular weight is 572 g/mol. The summed E-state index contributed by atoms with van der Waals surface area (Å²) in [5.74, 6) is 1.87. The molecular formula is C38H37NO4. The Morgan fingerprint density at radius 3 is 1.53 bits per heavy atom. The Morgan fingerprint density at radius 2 is 1.07 bits per heavy atom. The van der Waals surface area contributed by atoms with Gasteiger partial charge in [0.1, 0.15) is 23.1 Å². The van der Waals surface area contributed by atoms with Gasteiger partial charge in [-0.15, -0.1) is 0 Å². The molecule has 6 rings (SSSR count). The fraction of sp³-hybridized carbons (Fsp3) is 0.263. The largest absolute Gasteiger partial charge is 0.493 e. The molecule has 218 valence electrons. The Kier molecular flexibility index (Phi) is 8.41. The standard InChI is InChI=1S/C38H37NO4/c1-3-29(40)13-9-21-42-31-23-28(24-32(25-31)43-22-10-14-30(41)4-2)39-35-19-17-26-11-5-7-15-33(26)37(35)38-34-16-8-6-12-27(34)18-20-36(38)39/h5-8,11-12,15-20,23-25H,3-4,9-10,13-14,21-22H2,1-2H3. The number of nitrogens with zero attached hydrogens (tertiary/aromatic N) is 1. The van der Waals surface area contributed by atoms with E-state index in [9.17, 15) is 9.59 Å². The number of hydrogen-bond acceptors (Lipinski definition) is 4. The Balaban J connectivity index is 1.49. The number of ether oxygens (including phenoxy) is 2. The maximum absolute atomic E-state index is 11.8. The zero-order chi connectivity index (χ0) is 29.8. The Bertz CT molecular complexity index is 1820. The predicted octanol–water partition coefficient (Wildman–Crippen LogP) is 9.37. The zero-order valence-corrected chi connectivity index (χ0v) is 24.9. The number of rotatable bonds is 13. The van der Waals surface area contributed by atoms with Gasteiger partial charge in [-0.25, -0.2) is 0 Å². The molecule has 0 bridgehead atoms. The van der Waals surface area contributed by atoms with Gasteiger partial charge in [0.05, 0.1) is 29.9 Å². The highest BCUT2D eigenvalue weighted by Crippen LogP contribution is 2.41. The Hall–Kier alpha value is -4.64. The highest BCUT2D eigenvalue weighted by molar-refractivity contribution is 6.28. The molecule has 0 N–H and O–H groups in total. The van der Waals surface area contributed by atoms with E-state index in [1.807, 2.05) is 19.9 Å². The average Bonchev–Trinajstić information content (AvgIpc) is 3.40. The van der Waals surface area contributed by atoms with Crippen molar-refractivity contribution in [2.45, 2.75) is 52.4 Å². The molecular weight excluding hydrogens is 534 g/mol. The van der Waals surface area contributed by atoms with Crippen LogP contribution in [-0.4, -0.2) is 29.3 Å². The molecule has 0 aliphatic carbocycles. The van der Waals surface area contributed by atoms with E-state index in [4.69, 9.17) is 9.47 Å². The normalized spacial score (nSPS) is 11.5. The fourth-order valence-electron chi connectivity index (χ4n) is 5.95. The van der Waals surface area contributed by atoms with Crippen molar-refractivity contribution in [1.82, 2.24) is 4.57 Å². The second kappa shape index (κ2) is 12.7. The molecule has 1 aromatic heterocycles. The van der Waals surface area contributed by atoms with Crippen molar-refractivity contribution in [1.29, 1.82) is 0 Å². The molecule has 0 radical (unpaired) electrons. The lowest BCUT2D eigenvalue weighted by Crippen LogP contribution is -2.05. The number of fused-ring (bicyclic) bond motifs is 7. The number of aromatic nitrogens is 1. The molecule has 0 aliphatic rings. The number of carbonyl (C=O) groups excluding carboxylic acids is 2. The molecule has 1 heterocycles. The van der Waals surface area contributed by atoms with Gasteiger partial charge in [-0.1, -0.05) is 74.5 Å². The zero-order valence-electron chi connectivity index (χ0n) is 24.9. The molecule has 0 amide bonds. The molecule has 0 saturated carbocycles. The number of benzene rings is 5. The van der Waals surface area contributed by atoms with Crippen LogP contribution in [0.2, 0.25) is 0 Å². The molecule has 6 aromatic rings. The minimum atomic E-state index is 0.243. The summed E-state index contributed by atoms with van der Waals surface area (Å²) in [4.78, 5) is 23.7. The first-order valence-corrected chi connectivity index (χ1v) is 15.4. The summed E-state index contributed by atoms with van der Waals surface area (Å²) in [6.07, 6.45) is 3.45. The van der Waals surface area contributed by atoms with Crippen LogP contribution in [0.4, 0.5) is 0 Å². The minimum absolute atomic E-state index is 0.243. The first-order valence-electron chi connectivity index (χ1n) is 15.4. The smallest absolute Gasteiger partial charge is 0.132 e. The van der Waals surface area contributed by atoms with E-state index in [-0.39, 0.29) is 11.6 Å². The van der Waals surface area contributed by atoms with E-state index in [1.165, 1.54) is 32.3 Å². The first-order chi connectivity index (χ1) is 21.1. The molecule has 43 heavy (non-hydrogen) atoms. The molecule has 5 nitrogen and oxygen atoms in total. The summed E-state index contributed by atoms with van der Waals surface area (Å²) in [6, 6.07) is 31.9. The monoisotopic (exact) mass is 571 g/mol. The van der Waals surface area contributed by atoms with E-state index >= 15 is 0 Å². The van der Waals surface area contributed by atoms with Crippen molar-refractivity contribution in [2.24, 2.45) is 0 Å². The molecule has 0 aliphatic heterocycles. The van der Waals surface area contributed by atoms with Crippen LogP contribution in [0, 0.1) is 0 Å². The summed E-state index contributed by atoms with van der Waals surface area (Å²) < 4.78 is 14.7. The summed E-state index contributed by atoms with van der Waals surface area (Å²) >= 11 is 0. The van der Waals surface area contributed by atoms with Gasteiger partial charge >= 0.3 is 0 Å². The Labute approximate surface area is 252 Å². The number of ketones is 2. The second-order valence-electron chi connectivity index (χ2n) is 11.0. The highest BCUT2D eigenvalue weighted by Gasteiger charge is 2.18. The number of Topliss-reactive ketones (excluding diaryl/α,β-unsaturated/α-hetero) is 2. The predicted molar refractivity (Wildman–Crippen MR) is 176 cm³/mol. The fourth-order valence-corrected chi connectivity index (χ4v) is 5.95. The SMILES string of the molecule is CCC(=O)CCCOc1cc(OCCCC(=O)CC)cc(-n2c3ccc4ccccc4c3c3c4ccccc4ccc32)c1. The maximum atomic E-state index is 11.8. The Morgan fingerprint density at radius 1 is 0.605 bits per heavy atom. The van der Waals surface area contributed by atoms with Crippen LogP contribution in [0.15, 0.2) is 91.0 Å². The topological polar surface area (TPSA) is 57.5 Å². The van der Waals surface area contributed by atoms with E-state index in [2.05, 4.69) is 89.5 Å². The van der Waals surface area contributed by atoms with Crippen LogP contribution >= 0.6 is 0 Å². The van der Waals surface area contributed by atoms with Crippen molar-refractivity contribution >= 4 is 54.9 Å².